The van der Waals surface area contributed by atoms with E-state index in [9.17, 15) is 0 Å². The molecule has 1 fully saturated rings. The van der Waals surface area contributed by atoms with E-state index >= 15 is 0 Å². The molecule has 1 aromatic rings. The van der Waals surface area contributed by atoms with Crippen molar-refractivity contribution in [1.82, 2.24) is 10.2 Å². The number of hydrogen-bond donors (Lipinski definition) is 1. The van der Waals surface area contributed by atoms with Gasteiger partial charge in [-0.15, -0.1) is 0 Å². The predicted octanol–water partition coefficient (Wildman–Crippen LogP) is 3.81. The minimum atomic E-state index is 0.782. The third-order valence-corrected chi connectivity index (χ3v) is 4.66. The minimum Gasteiger partial charge on any atom is -0.320 e. The lowest BCUT2D eigenvalue weighted by Gasteiger charge is -2.32. The Labute approximate surface area is 126 Å². The molecule has 0 aromatic heterocycles. The molecule has 0 saturated carbocycles. The lowest BCUT2D eigenvalue weighted by atomic mass is 9.93. The topological polar surface area (TPSA) is 15.3 Å². The third kappa shape index (κ3) is 4.35. The normalized spacial score (nSPS) is 17.8. The lowest BCUT2D eigenvalue weighted by Crippen LogP contribution is -2.34. The summed E-state index contributed by atoms with van der Waals surface area (Å²) in [6.07, 6.45) is 3.85. The van der Waals surface area contributed by atoms with Crippen LogP contribution < -0.4 is 5.32 Å². The van der Waals surface area contributed by atoms with E-state index in [1.165, 1.54) is 19.3 Å². The molecule has 0 bridgehead atoms. The number of hydrogen-bond acceptors (Lipinski definition) is 2. The average molecular weight is 301 g/mol. The van der Waals surface area contributed by atoms with E-state index in [2.05, 4.69) is 10.2 Å². The van der Waals surface area contributed by atoms with E-state index < -0.39 is 0 Å². The molecule has 0 radical (unpaired) electrons. The van der Waals surface area contributed by atoms with Gasteiger partial charge in [-0.25, -0.2) is 0 Å². The molecule has 1 saturated heterocycles. The third-order valence-electron chi connectivity index (χ3n) is 3.95. The number of nitrogens with one attached hydrogen (secondary N) is 1. The Morgan fingerprint density at radius 2 is 1.84 bits per heavy atom. The highest BCUT2D eigenvalue weighted by Gasteiger charge is 2.20. The van der Waals surface area contributed by atoms with Gasteiger partial charge in [0, 0.05) is 22.2 Å². The molecule has 0 aliphatic carbocycles. The Morgan fingerprint density at radius 1 is 1.21 bits per heavy atom. The van der Waals surface area contributed by atoms with Crippen LogP contribution in [0.1, 0.15) is 24.8 Å². The van der Waals surface area contributed by atoms with E-state index in [-0.39, 0.29) is 0 Å². The first kappa shape index (κ1) is 15.1. The maximum atomic E-state index is 6.23. The molecule has 106 valence electrons. The maximum Gasteiger partial charge on any atom is 0.0465 e. The first-order valence-corrected chi connectivity index (χ1v) is 7.76. The molecule has 1 aromatic carbocycles. The van der Waals surface area contributed by atoms with Crippen LogP contribution >= 0.6 is 23.2 Å². The first-order valence-electron chi connectivity index (χ1n) is 7.00. The molecule has 19 heavy (non-hydrogen) atoms. The Kier molecular flexibility index (Phi) is 5.96. The zero-order chi connectivity index (χ0) is 13.7. The smallest absolute Gasteiger partial charge is 0.0465 e. The van der Waals surface area contributed by atoms with Crippen molar-refractivity contribution in [2.45, 2.75) is 25.8 Å². The second-order valence-electron chi connectivity index (χ2n) is 5.31. The van der Waals surface area contributed by atoms with Crippen LogP contribution in [0.25, 0.3) is 0 Å². The van der Waals surface area contributed by atoms with Gasteiger partial charge in [0.05, 0.1) is 0 Å². The predicted molar refractivity (Wildman–Crippen MR) is 83.0 cm³/mol. The van der Waals surface area contributed by atoms with E-state index in [1.807, 2.05) is 25.2 Å². The second kappa shape index (κ2) is 7.49. The van der Waals surface area contributed by atoms with E-state index in [1.54, 1.807) is 0 Å². The summed E-state index contributed by atoms with van der Waals surface area (Å²) in [5, 5.41) is 4.80. The minimum absolute atomic E-state index is 0.782. The molecule has 2 nitrogen and oxygen atoms in total. The van der Waals surface area contributed by atoms with Crippen molar-refractivity contribution in [3.05, 3.63) is 33.8 Å². The molecule has 0 unspecified atom stereocenters. The Bertz CT molecular complexity index is 381. The molecule has 2 rings (SSSR count). The fourth-order valence-corrected chi connectivity index (χ4v) is 3.21. The summed E-state index contributed by atoms with van der Waals surface area (Å²) in [6, 6.07) is 5.74. The van der Waals surface area contributed by atoms with Gasteiger partial charge in [0.1, 0.15) is 0 Å². The van der Waals surface area contributed by atoms with E-state index in [4.69, 9.17) is 23.2 Å². The van der Waals surface area contributed by atoms with Crippen LogP contribution in [-0.4, -0.2) is 31.6 Å². The van der Waals surface area contributed by atoms with Gasteiger partial charge < -0.3 is 5.32 Å². The maximum absolute atomic E-state index is 6.23. The van der Waals surface area contributed by atoms with Crippen molar-refractivity contribution in [3.8, 4) is 0 Å². The molecular formula is C15H22Cl2N2. The number of rotatable bonds is 5. The van der Waals surface area contributed by atoms with Gasteiger partial charge >= 0.3 is 0 Å². The second-order valence-corrected chi connectivity index (χ2v) is 6.13. The van der Waals surface area contributed by atoms with Crippen molar-refractivity contribution in [2.75, 3.05) is 26.7 Å². The van der Waals surface area contributed by atoms with Crippen LogP contribution in [0.2, 0.25) is 10.0 Å². The molecule has 0 atom stereocenters. The van der Waals surface area contributed by atoms with Crippen LogP contribution in [0.4, 0.5) is 0 Å². The fraction of sp³-hybridized carbons (Fsp3) is 0.600. The highest BCUT2D eigenvalue weighted by Crippen LogP contribution is 2.28. The van der Waals surface area contributed by atoms with Gasteiger partial charge in [-0.1, -0.05) is 29.3 Å². The Balaban J connectivity index is 1.85. The molecule has 4 heteroatoms. The van der Waals surface area contributed by atoms with Gasteiger partial charge in [-0.05, 0) is 64.0 Å². The molecule has 0 spiro atoms. The van der Waals surface area contributed by atoms with Gasteiger partial charge in [0.15, 0.2) is 0 Å². The van der Waals surface area contributed by atoms with Crippen LogP contribution in [0.15, 0.2) is 18.2 Å². The summed E-state index contributed by atoms with van der Waals surface area (Å²) in [7, 11) is 2.02. The van der Waals surface area contributed by atoms with Crippen LogP contribution in [0, 0.1) is 5.92 Å². The van der Waals surface area contributed by atoms with Gasteiger partial charge in [-0.3, -0.25) is 4.90 Å². The SMILES string of the molecule is CNCCC1CCN(Cc2c(Cl)cccc2Cl)CC1. The number of piperidine rings is 1. The van der Waals surface area contributed by atoms with Gasteiger partial charge in [0.25, 0.3) is 0 Å². The summed E-state index contributed by atoms with van der Waals surface area (Å²) in [5.74, 6) is 0.866. The number of benzene rings is 1. The average Bonchev–Trinajstić information content (AvgIpc) is 2.42. The summed E-state index contributed by atoms with van der Waals surface area (Å²) in [6.45, 7) is 4.30. The number of likely N-dealkylation sites (tertiary alicyclic amines) is 1. The first-order chi connectivity index (χ1) is 9.20. The summed E-state index contributed by atoms with van der Waals surface area (Å²) < 4.78 is 0. The van der Waals surface area contributed by atoms with Crippen molar-refractivity contribution < 1.29 is 0 Å². The van der Waals surface area contributed by atoms with E-state index in [0.717, 1.165) is 47.7 Å². The quantitative estimate of drug-likeness (QED) is 0.889. The molecule has 0 amide bonds. The molecule has 1 N–H and O–H groups in total. The molecule has 1 heterocycles. The van der Waals surface area contributed by atoms with Crippen molar-refractivity contribution >= 4 is 23.2 Å². The number of halogens is 2. The van der Waals surface area contributed by atoms with Crippen LogP contribution in [0.5, 0.6) is 0 Å². The van der Waals surface area contributed by atoms with E-state index in [0.29, 0.717) is 0 Å². The lowest BCUT2D eigenvalue weighted by molar-refractivity contribution is 0.172. The van der Waals surface area contributed by atoms with Gasteiger partial charge in [-0.2, -0.15) is 0 Å². The van der Waals surface area contributed by atoms with Crippen LogP contribution in [-0.2, 0) is 6.54 Å². The zero-order valence-corrected chi connectivity index (χ0v) is 13.0. The highest BCUT2D eigenvalue weighted by atomic mass is 35.5. The molecule has 1 aliphatic heterocycles. The summed E-state index contributed by atoms with van der Waals surface area (Å²) in [4.78, 5) is 2.46. The summed E-state index contributed by atoms with van der Waals surface area (Å²) >= 11 is 12.5. The highest BCUT2D eigenvalue weighted by molar-refractivity contribution is 6.35. The van der Waals surface area contributed by atoms with Crippen LogP contribution in [0.3, 0.4) is 0 Å². The van der Waals surface area contributed by atoms with Crippen molar-refractivity contribution in [3.63, 3.8) is 0 Å². The molecular weight excluding hydrogens is 279 g/mol. The standard InChI is InChI=1S/C15H22Cl2N2/c1-18-8-5-12-6-9-19(10-7-12)11-13-14(16)3-2-4-15(13)17/h2-4,12,18H,5-11H2,1H3. The summed E-state index contributed by atoms with van der Waals surface area (Å²) in [5.41, 5.74) is 1.07. The Hall–Kier alpha value is -0.280. The Morgan fingerprint density at radius 3 is 2.42 bits per heavy atom. The van der Waals surface area contributed by atoms with Crippen molar-refractivity contribution in [2.24, 2.45) is 5.92 Å². The monoisotopic (exact) mass is 300 g/mol. The van der Waals surface area contributed by atoms with Gasteiger partial charge in [0.2, 0.25) is 0 Å². The van der Waals surface area contributed by atoms with Crippen molar-refractivity contribution in [1.29, 1.82) is 0 Å². The number of nitrogens with zero attached hydrogens (tertiary/aromatic N) is 1. The zero-order valence-electron chi connectivity index (χ0n) is 11.5. The fourth-order valence-electron chi connectivity index (χ4n) is 2.69. The largest absolute Gasteiger partial charge is 0.320 e. The molecule has 1 aliphatic rings.